The highest BCUT2D eigenvalue weighted by atomic mass is 32.1. The van der Waals surface area contributed by atoms with E-state index in [1.54, 1.807) is 11.0 Å². The maximum absolute atomic E-state index is 12.8. The van der Waals surface area contributed by atoms with Gasteiger partial charge in [0.2, 0.25) is 5.91 Å². The predicted molar refractivity (Wildman–Crippen MR) is 93.3 cm³/mol. The number of methoxy groups -OCH3 is 1. The zero-order chi connectivity index (χ0) is 17.8. The zero-order valence-corrected chi connectivity index (χ0v) is 15.1. The molecule has 0 spiro atoms. The van der Waals surface area contributed by atoms with Crippen LogP contribution in [-0.2, 0) is 14.3 Å². The van der Waals surface area contributed by atoms with Gasteiger partial charge >= 0.3 is 5.97 Å². The first-order chi connectivity index (χ1) is 12.1. The standard InChI is InChI=1S/C17H23N3O4S/c1-24-17(23)13-11-19(15(21)12-4-6-18-7-5-12)8-9-20(13)16(22)14-3-2-10-25-14/h2-3,10,12-13,18H,4-9,11H2,1H3/t13-/m0/s1. The van der Waals surface area contributed by atoms with Crippen LogP contribution in [-0.4, -0.2) is 73.5 Å². The fourth-order valence-electron chi connectivity index (χ4n) is 3.43. The molecule has 2 amide bonds. The molecule has 1 aromatic rings. The van der Waals surface area contributed by atoms with Crippen molar-refractivity contribution in [2.75, 3.05) is 39.8 Å². The molecule has 3 rings (SSSR count). The fourth-order valence-corrected chi connectivity index (χ4v) is 4.11. The van der Waals surface area contributed by atoms with Gasteiger partial charge in [0.15, 0.2) is 0 Å². The topological polar surface area (TPSA) is 79.0 Å². The molecule has 1 atom stereocenters. The van der Waals surface area contributed by atoms with Crippen LogP contribution in [0.2, 0.25) is 0 Å². The minimum atomic E-state index is -0.751. The Bertz CT molecular complexity index is 628. The van der Waals surface area contributed by atoms with E-state index in [-0.39, 0.29) is 24.3 Å². The molecule has 2 fully saturated rings. The summed E-state index contributed by atoms with van der Waals surface area (Å²) in [6, 6.07) is 2.80. The van der Waals surface area contributed by atoms with Gasteiger partial charge in [0.1, 0.15) is 6.04 Å². The lowest BCUT2D eigenvalue weighted by atomic mass is 9.95. The average Bonchev–Trinajstić information content (AvgIpc) is 3.21. The molecule has 25 heavy (non-hydrogen) atoms. The molecule has 0 aliphatic carbocycles. The Balaban J connectivity index is 1.72. The van der Waals surface area contributed by atoms with Gasteiger partial charge in [-0.25, -0.2) is 4.79 Å². The highest BCUT2D eigenvalue weighted by molar-refractivity contribution is 7.12. The number of hydrogen-bond acceptors (Lipinski definition) is 6. The summed E-state index contributed by atoms with van der Waals surface area (Å²) in [6.45, 7) is 2.68. The minimum Gasteiger partial charge on any atom is -0.467 e. The molecule has 0 aromatic carbocycles. The lowest BCUT2D eigenvalue weighted by Gasteiger charge is -2.41. The number of rotatable bonds is 3. The summed E-state index contributed by atoms with van der Waals surface area (Å²) < 4.78 is 4.88. The van der Waals surface area contributed by atoms with E-state index in [0.717, 1.165) is 25.9 Å². The number of piperazine rings is 1. The van der Waals surface area contributed by atoms with Crippen molar-refractivity contribution >= 4 is 29.1 Å². The number of carbonyl (C=O) groups is 3. The van der Waals surface area contributed by atoms with Crippen LogP contribution in [0.3, 0.4) is 0 Å². The molecule has 1 N–H and O–H groups in total. The lowest BCUT2D eigenvalue weighted by molar-refractivity contribution is -0.151. The quantitative estimate of drug-likeness (QED) is 0.793. The van der Waals surface area contributed by atoms with E-state index in [0.29, 0.717) is 18.0 Å². The predicted octanol–water partition coefficient (Wildman–Crippen LogP) is 0.574. The fraction of sp³-hybridized carbons (Fsp3) is 0.588. The number of ether oxygens (including phenoxy) is 1. The second kappa shape index (κ2) is 7.97. The van der Waals surface area contributed by atoms with Crippen LogP contribution in [0.25, 0.3) is 0 Å². The lowest BCUT2D eigenvalue weighted by Crippen LogP contribution is -2.60. The van der Waals surface area contributed by atoms with Crippen molar-refractivity contribution in [3.63, 3.8) is 0 Å². The van der Waals surface area contributed by atoms with Gasteiger partial charge in [0, 0.05) is 19.0 Å². The van der Waals surface area contributed by atoms with Crippen LogP contribution in [0, 0.1) is 5.92 Å². The maximum Gasteiger partial charge on any atom is 0.330 e. The van der Waals surface area contributed by atoms with E-state index in [1.165, 1.54) is 23.3 Å². The monoisotopic (exact) mass is 365 g/mol. The van der Waals surface area contributed by atoms with Crippen LogP contribution < -0.4 is 5.32 Å². The molecule has 0 saturated carbocycles. The van der Waals surface area contributed by atoms with Crippen molar-refractivity contribution in [3.8, 4) is 0 Å². The van der Waals surface area contributed by atoms with E-state index < -0.39 is 12.0 Å². The second-order valence-electron chi connectivity index (χ2n) is 6.32. The van der Waals surface area contributed by atoms with Crippen molar-refractivity contribution in [3.05, 3.63) is 22.4 Å². The summed E-state index contributed by atoms with van der Waals surface area (Å²) in [5.74, 6) is -0.579. The van der Waals surface area contributed by atoms with Crippen molar-refractivity contribution < 1.29 is 19.1 Å². The number of nitrogens with one attached hydrogen (secondary N) is 1. The number of thiophene rings is 1. The van der Waals surface area contributed by atoms with Gasteiger partial charge in [-0.1, -0.05) is 6.07 Å². The molecule has 3 heterocycles. The summed E-state index contributed by atoms with van der Waals surface area (Å²) in [5, 5.41) is 5.08. The molecule has 8 heteroatoms. The van der Waals surface area contributed by atoms with Crippen molar-refractivity contribution in [2.45, 2.75) is 18.9 Å². The Morgan fingerprint density at radius 3 is 2.64 bits per heavy atom. The van der Waals surface area contributed by atoms with Gasteiger partial charge in [-0.3, -0.25) is 9.59 Å². The van der Waals surface area contributed by atoms with Crippen LogP contribution >= 0.6 is 11.3 Å². The number of esters is 1. The summed E-state index contributed by atoms with van der Waals surface area (Å²) in [4.78, 5) is 41.5. The van der Waals surface area contributed by atoms with Crippen LogP contribution in [0.5, 0.6) is 0 Å². The van der Waals surface area contributed by atoms with Gasteiger partial charge < -0.3 is 19.9 Å². The summed E-state index contributed by atoms with van der Waals surface area (Å²) in [7, 11) is 1.31. The third kappa shape index (κ3) is 3.85. The van der Waals surface area contributed by atoms with E-state index in [1.807, 2.05) is 11.4 Å². The molecule has 0 radical (unpaired) electrons. The SMILES string of the molecule is COC(=O)[C@@H]1CN(C(=O)C2CCNCC2)CCN1C(=O)c1cccs1. The first-order valence-corrected chi connectivity index (χ1v) is 9.41. The van der Waals surface area contributed by atoms with E-state index in [9.17, 15) is 14.4 Å². The largest absolute Gasteiger partial charge is 0.467 e. The van der Waals surface area contributed by atoms with Gasteiger partial charge in [-0.15, -0.1) is 11.3 Å². The summed E-state index contributed by atoms with van der Waals surface area (Å²) in [6.07, 6.45) is 1.63. The van der Waals surface area contributed by atoms with Crippen LogP contribution in [0.4, 0.5) is 0 Å². The van der Waals surface area contributed by atoms with E-state index in [4.69, 9.17) is 4.74 Å². The van der Waals surface area contributed by atoms with Gasteiger partial charge in [-0.05, 0) is 37.4 Å². The third-order valence-corrected chi connectivity index (χ3v) is 5.70. The molecule has 0 unspecified atom stereocenters. The van der Waals surface area contributed by atoms with E-state index >= 15 is 0 Å². The number of piperidine rings is 1. The number of carbonyl (C=O) groups excluding carboxylic acids is 3. The molecule has 1 aromatic heterocycles. The van der Waals surface area contributed by atoms with Crippen LogP contribution in [0.15, 0.2) is 17.5 Å². The Labute approximate surface area is 150 Å². The molecule has 136 valence electrons. The number of amides is 2. The van der Waals surface area contributed by atoms with Crippen molar-refractivity contribution in [1.82, 2.24) is 15.1 Å². The molecule has 2 aliphatic rings. The second-order valence-corrected chi connectivity index (χ2v) is 7.27. The Morgan fingerprint density at radius 1 is 1.24 bits per heavy atom. The molecular weight excluding hydrogens is 342 g/mol. The van der Waals surface area contributed by atoms with Gasteiger partial charge in [-0.2, -0.15) is 0 Å². The molecule has 7 nitrogen and oxygen atoms in total. The van der Waals surface area contributed by atoms with Gasteiger partial charge in [0.25, 0.3) is 5.91 Å². The van der Waals surface area contributed by atoms with Crippen LogP contribution in [0.1, 0.15) is 22.5 Å². The highest BCUT2D eigenvalue weighted by Crippen LogP contribution is 2.22. The average molecular weight is 365 g/mol. The third-order valence-electron chi connectivity index (χ3n) is 4.85. The molecular formula is C17H23N3O4S. The maximum atomic E-state index is 12.8. The highest BCUT2D eigenvalue weighted by Gasteiger charge is 2.39. The normalized spacial score (nSPS) is 21.9. The minimum absolute atomic E-state index is 0.000838. The molecule has 0 bridgehead atoms. The van der Waals surface area contributed by atoms with E-state index in [2.05, 4.69) is 5.32 Å². The smallest absolute Gasteiger partial charge is 0.330 e. The van der Waals surface area contributed by atoms with Gasteiger partial charge in [0.05, 0.1) is 18.5 Å². The Kier molecular flexibility index (Phi) is 5.70. The zero-order valence-electron chi connectivity index (χ0n) is 14.3. The van der Waals surface area contributed by atoms with Crippen molar-refractivity contribution in [2.24, 2.45) is 5.92 Å². The number of hydrogen-bond donors (Lipinski definition) is 1. The molecule has 2 aliphatic heterocycles. The number of nitrogens with zero attached hydrogens (tertiary/aromatic N) is 2. The summed E-state index contributed by atoms with van der Waals surface area (Å²) in [5.41, 5.74) is 0. The Hall–Kier alpha value is -1.93. The Morgan fingerprint density at radius 2 is 2.00 bits per heavy atom. The van der Waals surface area contributed by atoms with Crippen molar-refractivity contribution in [1.29, 1.82) is 0 Å². The summed E-state index contributed by atoms with van der Waals surface area (Å²) >= 11 is 1.35. The first kappa shape index (κ1) is 17.9. The first-order valence-electron chi connectivity index (χ1n) is 8.53. The molecule has 2 saturated heterocycles.